The topological polar surface area (TPSA) is 121 Å². The second-order valence-electron chi connectivity index (χ2n) is 5.58. The summed E-state index contributed by atoms with van der Waals surface area (Å²) >= 11 is 0. The van der Waals surface area contributed by atoms with Gasteiger partial charge in [-0.25, -0.2) is 13.1 Å². The van der Waals surface area contributed by atoms with Crippen molar-refractivity contribution < 1.29 is 26.7 Å². The predicted molar refractivity (Wildman–Crippen MR) is 75.7 cm³/mol. The Balaban J connectivity index is 1.99. The van der Waals surface area contributed by atoms with Crippen LogP contribution in [0, 0.1) is 5.92 Å². The van der Waals surface area contributed by atoms with Gasteiger partial charge in [0.15, 0.2) is 9.84 Å². The van der Waals surface area contributed by atoms with Crippen LogP contribution in [-0.4, -0.2) is 62.9 Å². The van der Waals surface area contributed by atoms with Crippen LogP contribution < -0.4 is 4.72 Å². The highest BCUT2D eigenvalue weighted by Crippen LogP contribution is 2.21. The van der Waals surface area contributed by atoms with Crippen molar-refractivity contribution in [3.05, 3.63) is 0 Å². The average molecular weight is 340 g/mol. The third kappa shape index (κ3) is 4.15. The highest BCUT2D eigenvalue weighted by molar-refractivity contribution is 7.91. The minimum atomic E-state index is -3.89. The number of aliphatic carboxylic acids is 1. The van der Waals surface area contributed by atoms with Gasteiger partial charge >= 0.3 is 5.97 Å². The maximum Gasteiger partial charge on any atom is 0.322 e. The first-order valence-electron chi connectivity index (χ1n) is 6.91. The molecule has 2 fully saturated rings. The first-order chi connectivity index (χ1) is 9.71. The summed E-state index contributed by atoms with van der Waals surface area (Å²) in [5.41, 5.74) is 0. The van der Waals surface area contributed by atoms with E-state index in [2.05, 4.69) is 4.72 Å². The van der Waals surface area contributed by atoms with Crippen LogP contribution in [0.2, 0.25) is 0 Å². The van der Waals surface area contributed by atoms with Gasteiger partial charge in [0.1, 0.15) is 6.04 Å². The van der Waals surface area contributed by atoms with E-state index >= 15 is 0 Å². The zero-order chi connectivity index (χ0) is 15.7. The van der Waals surface area contributed by atoms with Crippen LogP contribution in [0.3, 0.4) is 0 Å². The Labute approximate surface area is 124 Å². The fraction of sp³-hybridized carbons (Fsp3) is 0.909. The molecule has 10 heteroatoms. The molecule has 122 valence electrons. The van der Waals surface area contributed by atoms with Gasteiger partial charge in [-0.1, -0.05) is 0 Å². The number of sulfone groups is 1. The molecule has 2 saturated heterocycles. The summed E-state index contributed by atoms with van der Waals surface area (Å²) in [5, 5.41) is 9.11. The van der Waals surface area contributed by atoms with Gasteiger partial charge in [-0.05, 0) is 31.6 Å². The van der Waals surface area contributed by atoms with Crippen LogP contribution in [0.25, 0.3) is 0 Å². The van der Waals surface area contributed by atoms with E-state index in [1.807, 2.05) is 0 Å². The van der Waals surface area contributed by atoms with E-state index in [1.54, 1.807) is 0 Å². The minimum absolute atomic E-state index is 0.0160. The van der Waals surface area contributed by atoms with Crippen molar-refractivity contribution in [2.24, 2.45) is 5.92 Å². The largest absolute Gasteiger partial charge is 0.480 e. The molecule has 2 atom stereocenters. The van der Waals surface area contributed by atoms with Crippen LogP contribution in [0.15, 0.2) is 0 Å². The lowest BCUT2D eigenvalue weighted by atomic mass is 10.1. The maximum absolute atomic E-state index is 12.2. The number of hydrogen-bond donors (Lipinski definition) is 2. The smallest absolute Gasteiger partial charge is 0.322 e. The van der Waals surface area contributed by atoms with Gasteiger partial charge in [0.05, 0.1) is 11.5 Å². The van der Waals surface area contributed by atoms with Crippen molar-refractivity contribution in [3.8, 4) is 0 Å². The van der Waals surface area contributed by atoms with E-state index in [0.717, 1.165) is 4.31 Å². The molecule has 0 saturated carbocycles. The number of carboxylic acid groups (broad SMARTS) is 1. The lowest BCUT2D eigenvalue weighted by Gasteiger charge is -2.32. The molecule has 8 nitrogen and oxygen atoms in total. The number of carbonyl (C=O) groups is 1. The number of nitrogens with one attached hydrogen (secondary N) is 1. The zero-order valence-electron chi connectivity index (χ0n) is 11.6. The number of hydrogen-bond acceptors (Lipinski definition) is 5. The molecule has 0 bridgehead atoms. The van der Waals surface area contributed by atoms with E-state index in [0.29, 0.717) is 25.7 Å². The maximum atomic E-state index is 12.2. The van der Waals surface area contributed by atoms with Gasteiger partial charge in [-0.3, -0.25) is 4.79 Å². The van der Waals surface area contributed by atoms with E-state index < -0.39 is 32.1 Å². The summed E-state index contributed by atoms with van der Waals surface area (Å²) < 4.78 is 50.5. The fourth-order valence-corrected chi connectivity index (χ4v) is 6.15. The highest BCUT2D eigenvalue weighted by atomic mass is 32.2. The molecular formula is C11H20N2O6S2. The molecule has 0 spiro atoms. The van der Waals surface area contributed by atoms with Crippen molar-refractivity contribution in [2.75, 3.05) is 24.6 Å². The van der Waals surface area contributed by atoms with Crippen molar-refractivity contribution in [1.29, 1.82) is 0 Å². The van der Waals surface area contributed by atoms with E-state index in [-0.39, 0.29) is 30.5 Å². The summed E-state index contributed by atoms with van der Waals surface area (Å²) in [6.45, 7) is 0.208. The van der Waals surface area contributed by atoms with Crippen LogP contribution in [0.4, 0.5) is 0 Å². The molecule has 0 aromatic carbocycles. The molecule has 2 unspecified atom stereocenters. The molecule has 2 rings (SSSR count). The van der Waals surface area contributed by atoms with Crippen LogP contribution >= 0.6 is 0 Å². The van der Waals surface area contributed by atoms with E-state index in [1.165, 1.54) is 0 Å². The van der Waals surface area contributed by atoms with Gasteiger partial charge in [-0.15, -0.1) is 0 Å². The van der Waals surface area contributed by atoms with Crippen molar-refractivity contribution in [1.82, 2.24) is 9.03 Å². The summed E-state index contributed by atoms with van der Waals surface area (Å²) in [6, 6.07) is -1.04. The van der Waals surface area contributed by atoms with Crippen LogP contribution in [0.5, 0.6) is 0 Å². The molecule has 2 aliphatic heterocycles. The van der Waals surface area contributed by atoms with Gasteiger partial charge in [-0.2, -0.15) is 12.7 Å². The fourth-order valence-electron chi connectivity index (χ4n) is 2.78. The SMILES string of the molecule is O=C(O)C1CCCCN1S(=O)(=O)NCC1CCS(=O)(=O)C1. The Morgan fingerprint density at radius 1 is 1.29 bits per heavy atom. The monoisotopic (exact) mass is 340 g/mol. The van der Waals surface area contributed by atoms with Gasteiger partial charge < -0.3 is 5.11 Å². The van der Waals surface area contributed by atoms with Gasteiger partial charge in [0, 0.05) is 13.1 Å². The Morgan fingerprint density at radius 3 is 2.57 bits per heavy atom. The Morgan fingerprint density at radius 2 is 2.00 bits per heavy atom. The molecule has 2 N–H and O–H groups in total. The molecule has 0 aromatic heterocycles. The standard InChI is InChI=1S/C11H20N2O6S2/c14-11(15)10-3-1-2-5-13(10)21(18,19)12-7-9-4-6-20(16,17)8-9/h9-10,12H,1-8H2,(H,14,15). The lowest BCUT2D eigenvalue weighted by Crippen LogP contribution is -2.52. The molecule has 0 radical (unpaired) electrons. The predicted octanol–water partition coefficient (Wildman–Crippen LogP) is -0.805. The number of piperidine rings is 1. The molecule has 2 aliphatic rings. The minimum Gasteiger partial charge on any atom is -0.480 e. The lowest BCUT2D eigenvalue weighted by molar-refractivity contribution is -0.142. The van der Waals surface area contributed by atoms with Crippen LogP contribution in [0.1, 0.15) is 25.7 Å². The normalized spacial score (nSPS) is 30.3. The molecule has 2 heterocycles. The summed E-state index contributed by atoms with van der Waals surface area (Å²) in [4.78, 5) is 11.1. The Hall–Kier alpha value is -0.710. The number of carboxylic acids is 1. The second-order valence-corrected chi connectivity index (χ2v) is 9.52. The second kappa shape index (κ2) is 6.19. The summed E-state index contributed by atoms with van der Waals surface area (Å²) in [7, 11) is -6.95. The van der Waals surface area contributed by atoms with Crippen molar-refractivity contribution >= 4 is 26.0 Å². The van der Waals surface area contributed by atoms with E-state index in [9.17, 15) is 21.6 Å². The van der Waals surface area contributed by atoms with Crippen LogP contribution in [-0.2, 0) is 24.8 Å². The van der Waals surface area contributed by atoms with Gasteiger partial charge in [0.25, 0.3) is 10.2 Å². The molecule has 21 heavy (non-hydrogen) atoms. The Bertz CT molecular complexity index is 600. The number of nitrogens with zero attached hydrogens (tertiary/aromatic N) is 1. The van der Waals surface area contributed by atoms with Crippen molar-refractivity contribution in [2.45, 2.75) is 31.7 Å². The average Bonchev–Trinajstić information content (AvgIpc) is 2.76. The van der Waals surface area contributed by atoms with Crippen molar-refractivity contribution in [3.63, 3.8) is 0 Å². The zero-order valence-corrected chi connectivity index (χ0v) is 13.2. The molecular weight excluding hydrogens is 320 g/mol. The first kappa shape index (κ1) is 16.7. The first-order valence-corrected chi connectivity index (χ1v) is 10.2. The Kier molecular flexibility index (Phi) is 4.91. The van der Waals surface area contributed by atoms with E-state index in [4.69, 9.17) is 5.11 Å². The third-order valence-corrected chi connectivity index (χ3v) is 7.35. The molecule has 0 aromatic rings. The number of rotatable bonds is 5. The molecule has 0 amide bonds. The third-order valence-electron chi connectivity index (χ3n) is 3.93. The highest BCUT2D eigenvalue weighted by Gasteiger charge is 2.37. The quantitative estimate of drug-likeness (QED) is 0.675. The van der Waals surface area contributed by atoms with Gasteiger partial charge in [0.2, 0.25) is 0 Å². The summed E-state index contributed by atoms with van der Waals surface area (Å²) in [6.07, 6.45) is 2.05. The summed E-state index contributed by atoms with van der Waals surface area (Å²) in [5.74, 6) is -1.32. The molecule has 0 aliphatic carbocycles.